The van der Waals surface area contributed by atoms with Crippen molar-refractivity contribution in [2.75, 3.05) is 20.3 Å². The van der Waals surface area contributed by atoms with Gasteiger partial charge < -0.3 is 14.7 Å². The number of methoxy groups -OCH3 is 1. The lowest BCUT2D eigenvalue weighted by Crippen LogP contribution is -2.37. The first-order valence-electron chi connectivity index (χ1n) is 6.33. The number of nitrogens with zero attached hydrogens (tertiary/aromatic N) is 2. The van der Waals surface area contributed by atoms with E-state index in [0.29, 0.717) is 6.54 Å². The molecule has 0 spiro atoms. The Labute approximate surface area is 115 Å². The smallest absolute Gasteiger partial charge is 0.311 e. The number of aliphatic hydroxyl groups is 1. The first-order chi connectivity index (χ1) is 9.60. The van der Waals surface area contributed by atoms with Crippen LogP contribution in [-0.4, -0.2) is 47.1 Å². The summed E-state index contributed by atoms with van der Waals surface area (Å²) in [6.45, 7) is 0.429. The lowest BCUT2D eigenvalue weighted by atomic mass is 10.1. The Balaban J connectivity index is 2.39. The number of benzene rings is 1. The highest BCUT2D eigenvalue weighted by atomic mass is 16.6. The fourth-order valence-electron chi connectivity index (χ4n) is 2.50. The van der Waals surface area contributed by atoms with Crippen LogP contribution in [0.1, 0.15) is 23.2 Å². The first-order valence-corrected chi connectivity index (χ1v) is 6.33. The van der Waals surface area contributed by atoms with E-state index in [-0.39, 0.29) is 35.6 Å². The number of carbonyl (C=O) groups excluding carboxylic acids is 1. The molecule has 1 aliphatic rings. The number of ether oxygens (including phenoxy) is 1. The van der Waals surface area contributed by atoms with Crippen LogP contribution in [0.15, 0.2) is 18.2 Å². The van der Waals surface area contributed by atoms with E-state index < -0.39 is 4.92 Å². The lowest BCUT2D eigenvalue weighted by molar-refractivity contribution is -0.385. The highest BCUT2D eigenvalue weighted by Gasteiger charge is 2.32. The Bertz CT molecular complexity index is 531. The van der Waals surface area contributed by atoms with Crippen molar-refractivity contribution in [3.05, 3.63) is 33.9 Å². The zero-order chi connectivity index (χ0) is 14.7. The largest absolute Gasteiger partial charge is 0.490 e. The number of amides is 1. The van der Waals surface area contributed by atoms with E-state index in [0.717, 1.165) is 12.8 Å². The van der Waals surface area contributed by atoms with Gasteiger partial charge in [-0.05, 0) is 18.9 Å². The van der Waals surface area contributed by atoms with E-state index in [4.69, 9.17) is 4.74 Å². The van der Waals surface area contributed by atoms with Crippen LogP contribution in [0.5, 0.6) is 5.75 Å². The van der Waals surface area contributed by atoms with Crippen LogP contribution in [0.3, 0.4) is 0 Å². The third-order valence-corrected chi connectivity index (χ3v) is 3.47. The van der Waals surface area contributed by atoms with E-state index in [1.807, 2.05) is 0 Å². The molecule has 0 bridgehead atoms. The number of nitro groups is 1. The lowest BCUT2D eigenvalue weighted by Gasteiger charge is -2.23. The molecule has 20 heavy (non-hydrogen) atoms. The molecule has 1 saturated heterocycles. The molecule has 1 aromatic rings. The fraction of sp³-hybridized carbons (Fsp3) is 0.462. The molecule has 0 radical (unpaired) electrons. The topological polar surface area (TPSA) is 92.9 Å². The average molecular weight is 280 g/mol. The minimum absolute atomic E-state index is 0.0360. The summed E-state index contributed by atoms with van der Waals surface area (Å²) in [6.07, 6.45) is 1.55. The average Bonchev–Trinajstić information content (AvgIpc) is 2.93. The van der Waals surface area contributed by atoms with Crippen LogP contribution in [0.4, 0.5) is 5.69 Å². The second-order valence-corrected chi connectivity index (χ2v) is 4.59. The number of para-hydroxylation sites is 1. The number of hydrogen-bond acceptors (Lipinski definition) is 5. The van der Waals surface area contributed by atoms with Gasteiger partial charge in [-0.15, -0.1) is 0 Å². The Kier molecular flexibility index (Phi) is 4.19. The number of likely N-dealkylation sites (tertiary alicyclic amines) is 1. The zero-order valence-electron chi connectivity index (χ0n) is 11.1. The quantitative estimate of drug-likeness (QED) is 0.660. The molecule has 1 amide bonds. The van der Waals surface area contributed by atoms with E-state index in [9.17, 15) is 20.0 Å². The van der Waals surface area contributed by atoms with E-state index >= 15 is 0 Å². The van der Waals surface area contributed by atoms with Crippen molar-refractivity contribution in [2.24, 2.45) is 0 Å². The van der Waals surface area contributed by atoms with Crippen LogP contribution in [0.25, 0.3) is 0 Å². The Morgan fingerprint density at radius 3 is 2.95 bits per heavy atom. The standard InChI is InChI=1S/C13H16N2O5/c1-20-12-10(5-2-6-11(12)15(18)19)13(17)14-7-3-4-9(14)8-16/h2,5-6,9,16H,3-4,7-8H2,1H3. The van der Waals surface area contributed by atoms with Crippen LogP contribution >= 0.6 is 0 Å². The van der Waals surface area contributed by atoms with Gasteiger partial charge in [-0.25, -0.2) is 0 Å². The molecule has 1 aliphatic heterocycles. The molecule has 1 aromatic carbocycles. The van der Waals surface area contributed by atoms with E-state index in [1.54, 1.807) is 4.90 Å². The summed E-state index contributed by atoms with van der Waals surface area (Å²) in [4.78, 5) is 24.4. The summed E-state index contributed by atoms with van der Waals surface area (Å²) in [5.41, 5.74) is -0.0832. The Hall–Kier alpha value is -2.15. The highest BCUT2D eigenvalue weighted by molar-refractivity contribution is 5.98. The van der Waals surface area contributed by atoms with Crippen LogP contribution in [-0.2, 0) is 0 Å². The van der Waals surface area contributed by atoms with Gasteiger partial charge in [0.25, 0.3) is 5.91 Å². The molecule has 1 atom stereocenters. The number of rotatable bonds is 4. The summed E-state index contributed by atoms with van der Waals surface area (Å²) >= 11 is 0. The van der Waals surface area contributed by atoms with Gasteiger partial charge in [0.15, 0.2) is 0 Å². The summed E-state index contributed by atoms with van der Waals surface area (Å²) in [7, 11) is 1.30. The van der Waals surface area contributed by atoms with Gasteiger partial charge in [0, 0.05) is 12.6 Å². The van der Waals surface area contributed by atoms with Crippen molar-refractivity contribution in [1.82, 2.24) is 4.90 Å². The van der Waals surface area contributed by atoms with Gasteiger partial charge in [0.05, 0.1) is 30.2 Å². The van der Waals surface area contributed by atoms with Gasteiger partial charge in [-0.1, -0.05) is 6.07 Å². The third kappa shape index (κ3) is 2.44. The molecule has 0 aliphatic carbocycles. The van der Waals surface area contributed by atoms with Crippen LogP contribution in [0.2, 0.25) is 0 Å². The molecule has 0 aromatic heterocycles. The van der Waals surface area contributed by atoms with E-state index in [1.165, 1.54) is 25.3 Å². The summed E-state index contributed by atoms with van der Waals surface area (Å²) in [5, 5.41) is 20.2. The Morgan fingerprint density at radius 1 is 1.60 bits per heavy atom. The predicted octanol–water partition coefficient (Wildman–Crippen LogP) is 1.20. The molecule has 1 unspecified atom stereocenters. The third-order valence-electron chi connectivity index (χ3n) is 3.47. The minimum Gasteiger partial charge on any atom is -0.490 e. The molecule has 7 nitrogen and oxygen atoms in total. The van der Waals surface area contributed by atoms with Crippen molar-refractivity contribution in [2.45, 2.75) is 18.9 Å². The van der Waals surface area contributed by atoms with Crippen LogP contribution < -0.4 is 4.74 Å². The van der Waals surface area contributed by atoms with E-state index in [2.05, 4.69) is 0 Å². The molecule has 0 saturated carbocycles. The maximum absolute atomic E-state index is 12.5. The number of carbonyl (C=O) groups is 1. The van der Waals surface area contributed by atoms with Gasteiger partial charge in [0.2, 0.25) is 5.75 Å². The molecule has 2 rings (SSSR count). The monoisotopic (exact) mass is 280 g/mol. The summed E-state index contributed by atoms with van der Waals surface area (Å²) in [6, 6.07) is 4.02. The Morgan fingerprint density at radius 2 is 2.35 bits per heavy atom. The molecule has 1 heterocycles. The van der Waals surface area contributed by atoms with Gasteiger partial charge >= 0.3 is 5.69 Å². The van der Waals surface area contributed by atoms with Gasteiger partial charge in [0.1, 0.15) is 0 Å². The van der Waals surface area contributed by atoms with Crippen molar-refractivity contribution < 1.29 is 19.6 Å². The molecule has 7 heteroatoms. The number of aliphatic hydroxyl groups excluding tert-OH is 1. The van der Waals surface area contributed by atoms with Crippen molar-refractivity contribution in [1.29, 1.82) is 0 Å². The second-order valence-electron chi connectivity index (χ2n) is 4.59. The molecule has 108 valence electrons. The highest BCUT2D eigenvalue weighted by Crippen LogP contribution is 2.32. The first kappa shape index (κ1) is 14.3. The molecule has 1 N–H and O–H groups in total. The summed E-state index contributed by atoms with van der Waals surface area (Å²) in [5.74, 6) is -0.381. The normalized spacial score (nSPS) is 18.1. The molecular formula is C13H16N2O5. The van der Waals surface area contributed by atoms with Crippen molar-refractivity contribution in [3.8, 4) is 5.75 Å². The SMILES string of the molecule is COc1c(C(=O)N2CCCC2CO)cccc1[N+](=O)[O-]. The van der Waals surface area contributed by atoms with Crippen molar-refractivity contribution >= 4 is 11.6 Å². The van der Waals surface area contributed by atoms with Crippen LogP contribution in [0, 0.1) is 10.1 Å². The predicted molar refractivity (Wildman–Crippen MR) is 70.8 cm³/mol. The zero-order valence-corrected chi connectivity index (χ0v) is 11.1. The minimum atomic E-state index is -0.580. The summed E-state index contributed by atoms with van der Waals surface area (Å²) < 4.78 is 5.04. The second kappa shape index (κ2) is 5.87. The fourth-order valence-corrected chi connectivity index (χ4v) is 2.50. The number of hydrogen-bond donors (Lipinski definition) is 1. The van der Waals surface area contributed by atoms with Gasteiger partial charge in [-0.3, -0.25) is 14.9 Å². The number of nitro benzene ring substituents is 1. The maximum atomic E-state index is 12.5. The molecular weight excluding hydrogens is 264 g/mol. The van der Waals surface area contributed by atoms with Crippen molar-refractivity contribution in [3.63, 3.8) is 0 Å². The van der Waals surface area contributed by atoms with Gasteiger partial charge in [-0.2, -0.15) is 0 Å². The molecule has 1 fully saturated rings. The maximum Gasteiger partial charge on any atom is 0.311 e.